The number of carbonyl (C=O) groups excluding carboxylic acids is 3. The number of nitrogens with one attached hydrogen (secondary N) is 3. The predicted molar refractivity (Wildman–Crippen MR) is 98.7 cm³/mol. The smallest absolute Gasteiger partial charge is 0.426 e. The Hall–Kier alpha value is -3.25. The second kappa shape index (κ2) is 8.86. The van der Waals surface area contributed by atoms with Crippen molar-refractivity contribution in [2.24, 2.45) is 11.3 Å². The minimum Gasteiger partial charge on any atom is -0.464 e. The lowest BCUT2D eigenvalue weighted by Crippen LogP contribution is -2.55. The van der Waals surface area contributed by atoms with Gasteiger partial charge in [0.1, 0.15) is 6.04 Å². The Bertz CT molecular complexity index is 871. The Morgan fingerprint density at radius 2 is 2.13 bits per heavy atom. The largest absolute Gasteiger partial charge is 0.464 e. The fourth-order valence-corrected chi connectivity index (χ4v) is 3.27. The van der Waals surface area contributed by atoms with Crippen LogP contribution in [0.4, 0.5) is 13.6 Å². The van der Waals surface area contributed by atoms with Gasteiger partial charge < -0.3 is 20.3 Å². The standard InChI is InChI=1S/C18H23F2N5O6/c1-18(3-4-18)7-11(22-15(27)10-6-12(13(19)20)31-24-10)16(28)23-25(17(29)30)8-9-2-5-21-14(9)26/h6,9,11,13H,2-5,7-8H2,1H3,(H,21,26)(H,22,27)(H,23,28)(H,29,30)/t9-,11?/m0/s1. The van der Waals surface area contributed by atoms with Crippen LogP contribution in [0.3, 0.4) is 0 Å². The minimum absolute atomic E-state index is 0.210. The van der Waals surface area contributed by atoms with E-state index in [2.05, 4.69) is 25.7 Å². The molecule has 11 nitrogen and oxygen atoms in total. The number of hydrazine groups is 1. The van der Waals surface area contributed by atoms with E-state index in [1.165, 1.54) is 0 Å². The van der Waals surface area contributed by atoms with Crippen LogP contribution in [0.1, 0.15) is 55.3 Å². The summed E-state index contributed by atoms with van der Waals surface area (Å²) < 4.78 is 29.7. The minimum atomic E-state index is -2.95. The first-order valence-corrected chi connectivity index (χ1v) is 9.72. The summed E-state index contributed by atoms with van der Waals surface area (Å²) >= 11 is 0. The van der Waals surface area contributed by atoms with Gasteiger partial charge in [0.15, 0.2) is 5.69 Å². The predicted octanol–water partition coefficient (Wildman–Crippen LogP) is 1.05. The normalized spacial score (nSPS) is 20.1. The third kappa shape index (κ3) is 5.67. The molecule has 1 aliphatic heterocycles. The lowest BCUT2D eigenvalue weighted by Gasteiger charge is -2.26. The zero-order valence-corrected chi connectivity index (χ0v) is 16.7. The summed E-state index contributed by atoms with van der Waals surface area (Å²) in [5.41, 5.74) is 1.59. The molecule has 1 unspecified atom stereocenters. The number of carboxylic acid groups (broad SMARTS) is 1. The Morgan fingerprint density at radius 3 is 2.65 bits per heavy atom. The highest BCUT2D eigenvalue weighted by Gasteiger charge is 2.42. The van der Waals surface area contributed by atoms with Gasteiger partial charge >= 0.3 is 6.09 Å². The number of rotatable bonds is 8. The van der Waals surface area contributed by atoms with Crippen molar-refractivity contribution in [3.63, 3.8) is 0 Å². The van der Waals surface area contributed by atoms with Gasteiger partial charge in [0.2, 0.25) is 11.7 Å². The monoisotopic (exact) mass is 443 g/mol. The van der Waals surface area contributed by atoms with Crippen molar-refractivity contribution in [2.75, 3.05) is 13.1 Å². The molecule has 0 spiro atoms. The van der Waals surface area contributed by atoms with Gasteiger partial charge in [0.25, 0.3) is 18.2 Å². The second-order valence-corrected chi connectivity index (χ2v) is 8.10. The van der Waals surface area contributed by atoms with Crippen molar-refractivity contribution in [1.82, 2.24) is 26.2 Å². The van der Waals surface area contributed by atoms with Crippen LogP contribution in [0.15, 0.2) is 10.6 Å². The molecule has 2 atom stereocenters. The number of aromatic nitrogens is 1. The number of amides is 4. The van der Waals surface area contributed by atoms with Crippen molar-refractivity contribution >= 4 is 23.8 Å². The van der Waals surface area contributed by atoms with Gasteiger partial charge in [-0.2, -0.15) is 0 Å². The van der Waals surface area contributed by atoms with E-state index >= 15 is 0 Å². The summed E-state index contributed by atoms with van der Waals surface area (Å²) in [5.74, 6) is -3.41. The summed E-state index contributed by atoms with van der Waals surface area (Å²) in [7, 11) is 0. The highest BCUT2D eigenvalue weighted by molar-refractivity contribution is 5.96. The summed E-state index contributed by atoms with van der Waals surface area (Å²) in [5, 5.41) is 18.3. The van der Waals surface area contributed by atoms with E-state index in [4.69, 9.17) is 0 Å². The van der Waals surface area contributed by atoms with Gasteiger partial charge in [-0.15, -0.1) is 0 Å². The molecular weight excluding hydrogens is 420 g/mol. The van der Waals surface area contributed by atoms with E-state index in [9.17, 15) is 33.1 Å². The fraction of sp³-hybridized carbons (Fsp3) is 0.611. The molecule has 3 rings (SSSR count). The maximum atomic E-state index is 12.8. The number of alkyl halides is 2. The molecule has 0 aromatic carbocycles. The SMILES string of the molecule is CC1(CC(NC(=O)c2cc(C(F)F)on2)C(=O)NN(C[C@@H]2CCNC2=O)C(=O)O)CC1. The van der Waals surface area contributed by atoms with Crippen molar-refractivity contribution in [2.45, 2.75) is 45.1 Å². The summed E-state index contributed by atoms with van der Waals surface area (Å²) in [6.45, 7) is 2.08. The van der Waals surface area contributed by atoms with Gasteiger partial charge in [-0.3, -0.25) is 19.8 Å². The van der Waals surface area contributed by atoms with E-state index in [0.717, 1.165) is 18.9 Å². The first-order valence-electron chi connectivity index (χ1n) is 9.72. The third-order valence-electron chi connectivity index (χ3n) is 5.44. The summed E-state index contributed by atoms with van der Waals surface area (Å²) in [4.78, 5) is 48.5. The van der Waals surface area contributed by atoms with E-state index in [0.29, 0.717) is 18.0 Å². The molecule has 1 aliphatic carbocycles. The molecule has 2 fully saturated rings. The van der Waals surface area contributed by atoms with Crippen molar-refractivity contribution in [3.05, 3.63) is 17.5 Å². The van der Waals surface area contributed by atoms with E-state index < -0.39 is 47.7 Å². The lowest BCUT2D eigenvalue weighted by atomic mass is 9.98. The quantitative estimate of drug-likeness (QED) is 0.438. The molecule has 0 radical (unpaired) electrons. The van der Waals surface area contributed by atoms with Crippen molar-refractivity contribution in [3.8, 4) is 0 Å². The van der Waals surface area contributed by atoms with E-state index in [1.54, 1.807) is 0 Å². The molecule has 4 N–H and O–H groups in total. The topological polar surface area (TPSA) is 154 Å². The molecule has 1 aromatic rings. The molecule has 1 saturated heterocycles. The zero-order chi connectivity index (χ0) is 22.8. The van der Waals surface area contributed by atoms with Crippen LogP contribution >= 0.6 is 0 Å². The maximum absolute atomic E-state index is 12.8. The van der Waals surface area contributed by atoms with Crippen LogP contribution in [0.2, 0.25) is 0 Å². The van der Waals surface area contributed by atoms with Crippen LogP contribution in [0.5, 0.6) is 0 Å². The molecule has 170 valence electrons. The van der Waals surface area contributed by atoms with Crippen molar-refractivity contribution < 1.29 is 37.6 Å². The molecule has 31 heavy (non-hydrogen) atoms. The highest BCUT2D eigenvalue weighted by atomic mass is 19.3. The molecule has 1 saturated carbocycles. The number of halogens is 2. The number of carbonyl (C=O) groups is 4. The van der Waals surface area contributed by atoms with Gasteiger partial charge in [0, 0.05) is 12.6 Å². The van der Waals surface area contributed by atoms with E-state index in [1.807, 2.05) is 6.92 Å². The lowest BCUT2D eigenvalue weighted by molar-refractivity contribution is -0.129. The maximum Gasteiger partial charge on any atom is 0.426 e. The van der Waals surface area contributed by atoms with Gasteiger partial charge in [0.05, 0.1) is 12.5 Å². The average Bonchev–Trinajstić information content (AvgIpc) is 3.09. The Morgan fingerprint density at radius 1 is 1.42 bits per heavy atom. The average molecular weight is 443 g/mol. The first-order chi connectivity index (χ1) is 14.6. The number of hydrogen-bond acceptors (Lipinski definition) is 6. The third-order valence-corrected chi connectivity index (χ3v) is 5.44. The molecule has 1 aromatic heterocycles. The molecule has 2 aliphatic rings. The molecule has 4 amide bonds. The zero-order valence-electron chi connectivity index (χ0n) is 16.7. The van der Waals surface area contributed by atoms with Gasteiger partial charge in [-0.05, 0) is 31.1 Å². The number of nitrogens with zero attached hydrogens (tertiary/aromatic N) is 2. The van der Waals surface area contributed by atoms with Crippen LogP contribution in [0, 0.1) is 11.3 Å². The van der Waals surface area contributed by atoms with E-state index in [-0.39, 0.29) is 24.3 Å². The fourth-order valence-electron chi connectivity index (χ4n) is 3.27. The highest BCUT2D eigenvalue weighted by Crippen LogP contribution is 2.48. The summed E-state index contributed by atoms with van der Waals surface area (Å²) in [6, 6.07) is -0.373. The van der Waals surface area contributed by atoms with Crippen molar-refractivity contribution in [1.29, 1.82) is 0 Å². The number of hydrogen-bond donors (Lipinski definition) is 4. The second-order valence-electron chi connectivity index (χ2n) is 8.10. The van der Waals surface area contributed by atoms with Crippen LogP contribution < -0.4 is 16.1 Å². The van der Waals surface area contributed by atoms with Gasteiger partial charge in [-0.1, -0.05) is 12.1 Å². The van der Waals surface area contributed by atoms with Gasteiger partial charge in [-0.25, -0.2) is 18.6 Å². The first kappa shape index (κ1) is 22.4. The Balaban J connectivity index is 1.69. The molecule has 2 heterocycles. The summed E-state index contributed by atoms with van der Waals surface area (Å²) in [6.07, 6.45) is -2.14. The Kier molecular flexibility index (Phi) is 6.41. The van der Waals surface area contributed by atoms with Crippen LogP contribution in [-0.4, -0.2) is 58.2 Å². The molecule has 13 heteroatoms. The van der Waals surface area contributed by atoms with Crippen LogP contribution in [0.25, 0.3) is 0 Å². The molecular formula is C18H23F2N5O6. The van der Waals surface area contributed by atoms with Crippen LogP contribution in [-0.2, 0) is 9.59 Å². The Labute approximate surface area is 175 Å². The molecule has 0 bridgehead atoms.